The topological polar surface area (TPSA) is 46.5 Å². The van der Waals surface area contributed by atoms with Crippen molar-refractivity contribution in [3.05, 3.63) is 114 Å². The first-order valence-corrected chi connectivity index (χ1v) is 11.3. The molecule has 0 fully saturated rings. The Morgan fingerprint density at radius 1 is 0.970 bits per heavy atom. The Balaban J connectivity index is 1.59. The van der Waals surface area contributed by atoms with Gasteiger partial charge in [-0.05, 0) is 67.4 Å². The third-order valence-corrected chi connectivity index (χ3v) is 6.03. The number of ether oxygens (including phenoxy) is 1. The van der Waals surface area contributed by atoms with E-state index < -0.39 is 0 Å². The zero-order valence-electron chi connectivity index (χ0n) is 18.9. The molecule has 33 heavy (non-hydrogen) atoms. The van der Waals surface area contributed by atoms with Crippen LogP contribution < -0.4 is 10.1 Å². The first kappa shape index (κ1) is 20.9. The summed E-state index contributed by atoms with van der Waals surface area (Å²) < 4.78 is 7.83. The molecule has 0 bridgehead atoms. The van der Waals surface area contributed by atoms with Crippen LogP contribution in [0, 0.1) is 6.92 Å². The minimum absolute atomic E-state index is 0.137. The van der Waals surface area contributed by atoms with Crippen molar-refractivity contribution in [2.24, 2.45) is 0 Å². The van der Waals surface area contributed by atoms with Gasteiger partial charge in [-0.2, -0.15) is 0 Å². The highest BCUT2D eigenvalue weighted by Gasteiger charge is 2.33. The fraction of sp³-hybridized carbons (Fsp3) is 0.179. The summed E-state index contributed by atoms with van der Waals surface area (Å²) in [5, 5.41) is 3.10. The number of hydrogen-bond donors (Lipinski definition) is 1. The number of urea groups is 1. The predicted octanol–water partition coefficient (Wildman–Crippen LogP) is 6.32. The van der Waals surface area contributed by atoms with Crippen molar-refractivity contribution in [1.82, 2.24) is 9.47 Å². The van der Waals surface area contributed by atoms with Crippen molar-refractivity contribution in [2.75, 3.05) is 11.9 Å². The normalized spacial score (nSPS) is 14.7. The van der Waals surface area contributed by atoms with Gasteiger partial charge >= 0.3 is 6.03 Å². The molecule has 0 unspecified atom stereocenters. The second kappa shape index (κ2) is 8.87. The van der Waals surface area contributed by atoms with E-state index in [1.807, 2.05) is 73.3 Å². The van der Waals surface area contributed by atoms with E-state index >= 15 is 0 Å². The zero-order valence-corrected chi connectivity index (χ0v) is 18.9. The van der Waals surface area contributed by atoms with Gasteiger partial charge < -0.3 is 19.5 Å². The number of fused-ring (bicyclic) bond motifs is 3. The van der Waals surface area contributed by atoms with Gasteiger partial charge in [0.15, 0.2) is 0 Å². The molecule has 1 aliphatic heterocycles. The monoisotopic (exact) mass is 437 g/mol. The van der Waals surface area contributed by atoms with E-state index in [2.05, 4.69) is 46.4 Å². The van der Waals surface area contributed by atoms with E-state index in [0.29, 0.717) is 13.2 Å². The molecule has 3 aromatic carbocycles. The molecule has 1 aromatic heterocycles. The molecule has 5 rings (SSSR count). The zero-order chi connectivity index (χ0) is 22.8. The molecule has 1 N–H and O–H groups in total. The predicted molar refractivity (Wildman–Crippen MR) is 131 cm³/mol. The lowest BCUT2D eigenvalue weighted by molar-refractivity contribution is 0.194. The molecule has 0 saturated carbocycles. The molecule has 4 aromatic rings. The molecular weight excluding hydrogens is 410 g/mol. The second-order valence-corrected chi connectivity index (χ2v) is 8.26. The number of aromatic nitrogens is 1. The van der Waals surface area contributed by atoms with E-state index in [1.165, 1.54) is 0 Å². The van der Waals surface area contributed by atoms with Crippen molar-refractivity contribution in [2.45, 2.75) is 26.4 Å². The quantitative estimate of drug-likeness (QED) is 0.406. The molecule has 0 spiro atoms. The summed E-state index contributed by atoms with van der Waals surface area (Å²) in [6.07, 6.45) is 2.07. The van der Waals surface area contributed by atoms with E-state index in [4.69, 9.17) is 4.74 Å². The smallest absolute Gasteiger partial charge is 0.322 e. The summed E-state index contributed by atoms with van der Waals surface area (Å²) in [5.41, 5.74) is 6.21. The Bertz CT molecular complexity index is 1260. The molecule has 1 aliphatic rings. The average Bonchev–Trinajstić information content (AvgIpc) is 3.26. The maximum atomic E-state index is 13.7. The first-order chi connectivity index (χ1) is 16.1. The van der Waals surface area contributed by atoms with Gasteiger partial charge in [-0.25, -0.2) is 4.79 Å². The lowest BCUT2D eigenvalue weighted by Crippen LogP contribution is -2.37. The molecule has 166 valence electrons. The Morgan fingerprint density at radius 3 is 2.48 bits per heavy atom. The summed E-state index contributed by atoms with van der Waals surface area (Å²) >= 11 is 0. The van der Waals surface area contributed by atoms with E-state index in [0.717, 1.165) is 39.5 Å². The van der Waals surface area contributed by atoms with E-state index in [1.54, 1.807) is 0 Å². The first-order valence-electron chi connectivity index (χ1n) is 11.3. The van der Waals surface area contributed by atoms with Gasteiger partial charge in [-0.1, -0.05) is 48.0 Å². The van der Waals surface area contributed by atoms with Crippen molar-refractivity contribution in [3.63, 3.8) is 0 Å². The minimum Gasteiger partial charge on any atom is -0.494 e. The fourth-order valence-electron chi connectivity index (χ4n) is 4.44. The lowest BCUT2D eigenvalue weighted by Gasteiger charge is -2.31. The SMILES string of the molecule is CCOc1ccc([C@@H]2c3cccn3-c3ccccc3CN2C(=O)Nc2ccc(C)cc2)cc1. The van der Waals surface area contributed by atoms with Gasteiger partial charge in [0, 0.05) is 17.6 Å². The third-order valence-electron chi connectivity index (χ3n) is 6.03. The highest BCUT2D eigenvalue weighted by atomic mass is 16.5. The van der Waals surface area contributed by atoms with Crippen LogP contribution in [-0.4, -0.2) is 22.1 Å². The maximum Gasteiger partial charge on any atom is 0.322 e. The number of amides is 2. The number of anilines is 1. The number of nitrogens with zero attached hydrogens (tertiary/aromatic N) is 2. The molecule has 0 aliphatic carbocycles. The van der Waals surface area contributed by atoms with Gasteiger partial charge in [0.05, 0.1) is 24.9 Å². The largest absolute Gasteiger partial charge is 0.494 e. The number of benzene rings is 3. The van der Waals surface area contributed by atoms with Gasteiger partial charge in [-0.3, -0.25) is 0 Å². The lowest BCUT2D eigenvalue weighted by atomic mass is 10.0. The van der Waals surface area contributed by atoms with Crippen LogP contribution in [0.15, 0.2) is 91.1 Å². The summed E-state index contributed by atoms with van der Waals surface area (Å²) in [4.78, 5) is 15.6. The summed E-state index contributed by atoms with van der Waals surface area (Å²) in [5.74, 6) is 0.823. The van der Waals surface area contributed by atoms with Crippen molar-refractivity contribution >= 4 is 11.7 Å². The highest BCUT2D eigenvalue weighted by Crippen LogP contribution is 2.37. The van der Waals surface area contributed by atoms with Crippen LogP contribution in [0.5, 0.6) is 5.75 Å². The molecule has 0 radical (unpaired) electrons. The van der Waals surface area contributed by atoms with Crippen LogP contribution in [0.4, 0.5) is 10.5 Å². The number of nitrogens with one attached hydrogen (secondary N) is 1. The van der Waals surface area contributed by atoms with Crippen LogP contribution >= 0.6 is 0 Å². The maximum absolute atomic E-state index is 13.7. The van der Waals surface area contributed by atoms with Gasteiger partial charge in [-0.15, -0.1) is 0 Å². The Morgan fingerprint density at radius 2 is 1.73 bits per heavy atom. The number of aryl methyl sites for hydroxylation is 1. The Labute approximate surface area is 194 Å². The Hall–Kier alpha value is -3.99. The van der Waals surface area contributed by atoms with Gasteiger partial charge in [0.25, 0.3) is 0 Å². The summed E-state index contributed by atoms with van der Waals surface area (Å²) in [6, 6.07) is 27.9. The van der Waals surface area contributed by atoms with Crippen LogP contribution in [0.1, 0.15) is 35.3 Å². The van der Waals surface area contributed by atoms with Gasteiger partial charge in [0.1, 0.15) is 5.75 Å². The summed E-state index contributed by atoms with van der Waals surface area (Å²) in [7, 11) is 0. The van der Waals surface area contributed by atoms with Crippen molar-refractivity contribution in [1.29, 1.82) is 0 Å². The van der Waals surface area contributed by atoms with Crippen molar-refractivity contribution in [3.8, 4) is 11.4 Å². The van der Waals surface area contributed by atoms with Crippen LogP contribution in [-0.2, 0) is 6.54 Å². The van der Waals surface area contributed by atoms with E-state index in [-0.39, 0.29) is 12.1 Å². The highest BCUT2D eigenvalue weighted by molar-refractivity contribution is 5.90. The number of carbonyl (C=O) groups is 1. The van der Waals surface area contributed by atoms with Gasteiger partial charge in [0.2, 0.25) is 0 Å². The molecule has 2 amide bonds. The minimum atomic E-state index is -0.256. The molecule has 5 heteroatoms. The Kier molecular flexibility index (Phi) is 5.61. The molecule has 5 nitrogen and oxygen atoms in total. The summed E-state index contributed by atoms with van der Waals surface area (Å²) in [6.45, 7) is 5.12. The molecule has 2 heterocycles. The third kappa shape index (κ3) is 4.10. The van der Waals surface area contributed by atoms with Crippen LogP contribution in [0.2, 0.25) is 0 Å². The number of para-hydroxylation sites is 1. The number of hydrogen-bond acceptors (Lipinski definition) is 2. The molecule has 1 atom stereocenters. The van der Waals surface area contributed by atoms with Crippen molar-refractivity contribution < 1.29 is 9.53 Å². The van der Waals surface area contributed by atoms with Crippen LogP contribution in [0.25, 0.3) is 5.69 Å². The van der Waals surface area contributed by atoms with E-state index in [9.17, 15) is 4.79 Å². The van der Waals surface area contributed by atoms with Crippen LogP contribution in [0.3, 0.4) is 0 Å². The number of rotatable bonds is 4. The fourth-order valence-corrected chi connectivity index (χ4v) is 4.44. The second-order valence-electron chi connectivity index (χ2n) is 8.26. The molecule has 0 saturated heterocycles. The standard InChI is InChI=1S/C28H27N3O2/c1-3-33-24-16-12-21(13-17-24)27-26-9-6-18-30(26)25-8-5-4-7-22(25)19-31(27)28(32)29-23-14-10-20(2)11-15-23/h4-18,27H,3,19H2,1-2H3,(H,29,32)/t27-/m1/s1. The molecular formula is C28H27N3O2. The number of carbonyl (C=O) groups excluding carboxylic acids is 1. The average molecular weight is 438 g/mol.